The highest BCUT2D eigenvalue weighted by molar-refractivity contribution is 7.90. The van der Waals surface area contributed by atoms with Crippen molar-refractivity contribution in [3.63, 3.8) is 0 Å². The molecule has 0 atom stereocenters. The second-order valence-corrected chi connectivity index (χ2v) is 5.99. The first kappa shape index (κ1) is 12.8. The Balaban J connectivity index is 2.38. The van der Waals surface area contributed by atoms with Crippen LogP contribution in [0.3, 0.4) is 0 Å². The summed E-state index contributed by atoms with van der Waals surface area (Å²) in [6.07, 6.45) is 2.73. The maximum atomic E-state index is 11.5. The van der Waals surface area contributed by atoms with Gasteiger partial charge in [-0.2, -0.15) is 0 Å². The van der Waals surface area contributed by atoms with Crippen molar-refractivity contribution >= 4 is 9.84 Å². The number of aromatic nitrogens is 1. The number of sulfone groups is 1. The maximum Gasteiger partial charge on any atom is 0.226 e. The molecule has 0 saturated heterocycles. The van der Waals surface area contributed by atoms with Gasteiger partial charge in [0.1, 0.15) is 6.26 Å². The van der Waals surface area contributed by atoms with Crippen molar-refractivity contribution in [2.24, 2.45) is 0 Å². The van der Waals surface area contributed by atoms with Crippen molar-refractivity contribution in [1.29, 1.82) is 0 Å². The van der Waals surface area contributed by atoms with E-state index in [2.05, 4.69) is 10.3 Å². The van der Waals surface area contributed by atoms with E-state index in [1.54, 1.807) is 30.5 Å². The maximum absolute atomic E-state index is 11.5. The van der Waals surface area contributed by atoms with Gasteiger partial charge in [0.2, 0.25) is 5.89 Å². The molecule has 0 fully saturated rings. The van der Waals surface area contributed by atoms with Crippen LogP contribution < -0.4 is 5.32 Å². The van der Waals surface area contributed by atoms with E-state index in [-0.39, 0.29) is 4.90 Å². The fraction of sp³-hybridized carbons (Fsp3) is 0.250. The molecule has 1 heterocycles. The lowest BCUT2D eigenvalue weighted by atomic mass is 10.2. The Bertz CT molecular complexity index is 647. The number of rotatable bonds is 4. The first-order valence-corrected chi connectivity index (χ1v) is 7.29. The van der Waals surface area contributed by atoms with Crippen LogP contribution in [0.1, 0.15) is 5.69 Å². The van der Waals surface area contributed by atoms with Gasteiger partial charge >= 0.3 is 0 Å². The molecule has 0 aliphatic heterocycles. The predicted molar refractivity (Wildman–Crippen MR) is 67.8 cm³/mol. The normalized spacial score (nSPS) is 11.7. The average molecular weight is 266 g/mol. The summed E-state index contributed by atoms with van der Waals surface area (Å²) in [5.41, 5.74) is 1.43. The molecule has 1 aromatic carbocycles. The van der Waals surface area contributed by atoms with Gasteiger partial charge in [-0.05, 0) is 25.2 Å². The van der Waals surface area contributed by atoms with Crippen molar-refractivity contribution in [3.8, 4) is 11.5 Å². The molecule has 0 saturated carbocycles. The van der Waals surface area contributed by atoms with Crippen molar-refractivity contribution in [2.75, 3.05) is 13.3 Å². The quantitative estimate of drug-likeness (QED) is 0.907. The van der Waals surface area contributed by atoms with E-state index in [0.29, 0.717) is 18.0 Å². The van der Waals surface area contributed by atoms with Crippen LogP contribution in [-0.4, -0.2) is 26.7 Å². The van der Waals surface area contributed by atoms with Crippen LogP contribution in [-0.2, 0) is 16.4 Å². The minimum atomic E-state index is -3.22. The van der Waals surface area contributed by atoms with E-state index in [4.69, 9.17) is 4.42 Å². The molecule has 2 aromatic rings. The highest BCUT2D eigenvalue weighted by Crippen LogP contribution is 2.21. The fourth-order valence-corrected chi connectivity index (χ4v) is 2.23. The number of hydrogen-bond acceptors (Lipinski definition) is 5. The van der Waals surface area contributed by atoms with Crippen LogP contribution in [0, 0.1) is 0 Å². The number of nitrogens with one attached hydrogen (secondary N) is 1. The van der Waals surface area contributed by atoms with Crippen LogP contribution in [0.2, 0.25) is 0 Å². The van der Waals surface area contributed by atoms with Gasteiger partial charge in [0.25, 0.3) is 0 Å². The Hall–Kier alpha value is -1.66. The molecule has 0 radical (unpaired) electrons. The molecule has 1 N–H and O–H groups in total. The first-order chi connectivity index (χ1) is 8.50. The van der Waals surface area contributed by atoms with Gasteiger partial charge in [0, 0.05) is 18.4 Å². The molecule has 2 rings (SSSR count). The van der Waals surface area contributed by atoms with Crippen molar-refractivity contribution in [2.45, 2.75) is 11.4 Å². The molecule has 96 valence electrons. The van der Waals surface area contributed by atoms with Crippen LogP contribution in [0.5, 0.6) is 0 Å². The fourth-order valence-electron chi connectivity index (χ4n) is 1.56. The van der Waals surface area contributed by atoms with E-state index in [1.165, 1.54) is 6.26 Å². The van der Waals surface area contributed by atoms with Gasteiger partial charge in [-0.1, -0.05) is 6.07 Å². The third kappa shape index (κ3) is 2.77. The lowest BCUT2D eigenvalue weighted by molar-refractivity contribution is 0.571. The molecule has 18 heavy (non-hydrogen) atoms. The monoisotopic (exact) mass is 266 g/mol. The summed E-state index contributed by atoms with van der Waals surface area (Å²) >= 11 is 0. The van der Waals surface area contributed by atoms with E-state index in [9.17, 15) is 8.42 Å². The second-order valence-electron chi connectivity index (χ2n) is 3.97. The third-order valence-electron chi connectivity index (χ3n) is 2.42. The predicted octanol–water partition coefficient (Wildman–Crippen LogP) is 1.46. The van der Waals surface area contributed by atoms with Crippen LogP contribution in [0.15, 0.2) is 39.8 Å². The standard InChI is InChI=1S/C12H14N2O3S/c1-13-7-10-8-17-12(14-10)9-4-3-5-11(6-9)18(2,15)16/h3-6,8,13H,7H2,1-2H3. The zero-order valence-corrected chi connectivity index (χ0v) is 11.0. The highest BCUT2D eigenvalue weighted by atomic mass is 32.2. The Morgan fingerprint density at radius 3 is 2.83 bits per heavy atom. The van der Waals surface area contributed by atoms with Gasteiger partial charge in [-0.25, -0.2) is 13.4 Å². The van der Waals surface area contributed by atoms with Crippen molar-refractivity contribution in [3.05, 3.63) is 36.2 Å². The lowest BCUT2D eigenvalue weighted by Crippen LogP contribution is -2.04. The zero-order valence-electron chi connectivity index (χ0n) is 10.2. The molecule has 0 unspecified atom stereocenters. The lowest BCUT2D eigenvalue weighted by Gasteiger charge is -2.00. The average Bonchev–Trinajstić information content (AvgIpc) is 2.77. The summed E-state index contributed by atoms with van der Waals surface area (Å²) in [4.78, 5) is 4.53. The number of benzene rings is 1. The smallest absolute Gasteiger partial charge is 0.226 e. The van der Waals surface area contributed by atoms with Crippen molar-refractivity contribution < 1.29 is 12.8 Å². The van der Waals surface area contributed by atoms with Crippen LogP contribution in [0.4, 0.5) is 0 Å². The minimum absolute atomic E-state index is 0.258. The second kappa shape index (κ2) is 4.91. The van der Waals surface area contributed by atoms with E-state index >= 15 is 0 Å². The Labute approximate surface area is 106 Å². The first-order valence-electron chi connectivity index (χ1n) is 5.40. The Kier molecular flexibility index (Phi) is 3.49. The van der Waals surface area contributed by atoms with Gasteiger partial charge < -0.3 is 9.73 Å². The Morgan fingerprint density at radius 2 is 2.17 bits per heavy atom. The summed E-state index contributed by atoms with van der Waals surface area (Å²) in [5, 5.41) is 2.97. The number of hydrogen-bond donors (Lipinski definition) is 1. The Morgan fingerprint density at radius 1 is 1.39 bits per heavy atom. The van der Waals surface area contributed by atoms with E-state index in [0.717, 1.165) is 5.69 Å². The molecular formula is C12H14N2O3S. The summed E-state index contributed by atoms with van der Waals surface area (Å²) in [7, 11) is -1.40. The zero-order chi connectivity index (χ0) is 13.2. The molecule has 0 bridgehead atoms. The van der Waals surface area contributed by atoms with E-state index in [1.807, 2.05) is 7.05 Å². The summed E-state index contributed by atoms with van der Waals surface area (Å²) in [6.45, 7) is 0.606. The molecule has 0 aliphatic rings. The molecule has 0 aliphatic carbocycles. The molecule has 6 heteroatoms. The molecule has 0 spiro atoms. The largest absolute Gasteiger partial charge is 0.444 e. The van der Waals surface area contributed by atoms with Gasteiger partial charge in [0.15, 0.2) is 9.84 Å². The molecule has 1 aromatic heterocycles. The SMILES string of the molecule is CNCc1coc(-c2cccc(S(C)(=O)=O)c2)n1. The summed E-state index contributed by atoms with van der Waals surface area (Å²) in [6, 6.07) is 6.55. The molecule has 5 nitrogen and oxygen atoms in total. The van der Waals surface area contributed by atoms with Gasteiger partial charge in [0.05, 0.1) is 10.6 Å². The number of nitrogens with zero attached hydrogens (tertiary/aromatic N) is 1. The summed E-state index contributed by atoms with van der Waals surface area (Å²) in [5.74, 6) is 0.422. The van der Waals surface area contributed by atoms with Crippen molar-refractivity contribution in [1.82, 2.24) is 10.3 Å². The van der Waals surface area contributed by atoms with Gasteiger partial charge in [-0.15, -0.1) is 0 Å². The number of oxazole rings is 1. The summed E-state index contributed by atoms with van der Waals surface area (Å²) < 4.78 is 28.3. The highest BCUT2D eigenvalue weighted by Gasteiger charge is 2.11. The molecular weight excluding hydrogens is 252 g/mol. The minimum Gasteiger partial charge on any atom is -0.444 e. The topological polar surface area (TPSA) is 72.2 Å². The molecule has 0 amide bonds. The third-order valence-corrected chi connectivity index (χ3v) is 3.53. The van der Waals surface area contributed by atoms with Crippen LogP contribution in [0.25, 0.3) is 11.5 Å². The van der Waals surface area contributed by atoms with Crippen LogP contribution >= 0.6 is 0 Å². The van der Waals surface area contributed by atoms with E-state index < -0.39 is 9.84 Å². The van der Waals surface area contributed by atoms with Gasteiger partial charge in [-0.3, -0.25) is 0 Å².